The number of nitrogens with zero attached hydrogens (tertiary/aromatic N) is 2. The molecule has 2 N–H and O–H groups in total. The van der Waals surface area contributed by atoms with Gasteiger partial charge in [-0.15, -0.1) is 11.3 Å². The Morgan fingerprint density at radius 2 is 2.39 bits per heavy atom. The van der Waals surface area contributed by atoms with E-state index in [0.29, 0.717) is 13.2 Å². The van der Waals surface area contributed by atoms with Gasteiger partial charge in [0, 0.05) is 37.2 Å². The van der Waals surface area contributed by atoms with Crippen LogP contribution in [0.15, 0.2) is 11.6 Å². The topological polar surface area (TPSA) is 66.5 Å². The Morgan fingerprint density at radius 3 is 3.09 bits per heavy atom. The monoisotopic (exact) mass is 338 g/mol. The van der Waals surface area contributed by atoms with Crippen molar-refractivity contribution in [1.82, 2.24) is 15.6 Å². The number of thiazole rings is 1. The van der Waals surface area contributed by atoms with Crippen molar-refractivity contribution in [3.05, 3.63) is 11.6 Å². The van der Waals surface area contributed by atoms with Crippen molar-refractivity contribution in [2.75, 3.05) is 44.8 Å². The molecule has 0 aromatic carbocycles. The standard InChI is InChI=1S/C16H26N4O2S/c1-22-12-16(4-6-17-7-5-16)11-19-14(21)13-3-2-9-20(13)15-18-8-10-23-15/h8,10,13,17H,2-7,9,11-12H2,1H3,(H,19,21). The first-order chi connectivity index (χ1) is 11.2. The lowest BCUT2D eigenvalue weighted by Crippen LogP contribution is -2.51. The zero-order chi connectivity index (χ0) is 16.1. The lowest BCUT2D eigenvalue weighted by atomic mass is 9.79. The van der Waals surface area contributed by atoms with E-state index in [1.807, 2.05) is 5.38 Å². The van der Waals surface area contributed by atoms with Gasteiger partial charge in [0.2, 0.25) is 5.91 Å². The number of carbonyl (C=O) groups excluding carboxylic acids is 1. The van der Waals surface area contributed by atoms with Crippen LogP contribution >= 0.6 is 11.3 Å². The van der Waals surface area contributed by atoms with Gasteiger partial charge >= 0.3 is 0 Å². The molecule has 0 bridgehead atoms. The van der Waals surface area contributed by atoms with Gasteiger partial charge in [-0.3, -0.25) is 4.79 Å². The summed E-state index contributed by atoms with van der Waals surface area (Å²) in [5.74, 6) is 0.131. The summed E-state index contributed by atoms with van der Waals surface area (Å²) >= 11 is 1.60. The van der Waals surface area contributed by atoms with Crippen LogP contribution in [0.1, 0.15) is 25.7 Å². The predicted molar refractivity (Wildman–Crippen MR) is 91.9 cm³/mol. The van der Waals surface area contributed by atoms with Crippen molar-refractivity contribution >= 4 is 22.4 Å². The summed E-state index contributed by atoms with van der Waals surface area (Å²) in [6.07, 6.45) is 5.84. The van der Waals surface area contributed by atoms with Crippen molar-refractivity contribution in [2.45, 2.75) is 31.7 Å². The second-order valence-corrected chi connectivity index (χ2v) is 7.44. The summed E-state index contributed by atoms with van der Waals surface area (Å²) in [7, 11) is 1.74. The molecule has 3 heterocycles. The number of aromatic nitrogens is 1. The molecule has 1 aromatic heterocycles. The number of rotatable bonds is 6. The molecule has 2 saturated heterocycles. The molecular formula is C16H26N4O2S. The van der Waals surface area contributed by atoms with Gasteiger partial charge in [-0.2, -0.15) is 0 Å². The molecule has 0 spiro atoms. The number of hydrogen-bond donors (Lipinski definition) is 2. The van der Waals surface area contributed by atoms with Crippen LogP contribution in [0, 0.1) is 5.41 Å². The van der Waals surface area contributed by atoms with Gasteiger partial charge in [0.25, 0.3) is 0 Å². The molecule has 2 aliphatic rings. The molecule has 0 aliphatic carbocycles. The van der Waals surface area contributed by atoms with E-state index in [1.165, 1.54) is 0 Å². The average molecular weight is 338 g/mol. The molecule has 6 nitrogen and oxygen atoms in total. The predicted octanol–water partition coefficient (Wildman–Crippen LogP) is 1.24. The number of piperidine rings is 1. The van der Waals surface area contributed by atoms with E-state index in [9.17, 15) is 4.79 Å². The molecular weight excluding hydrogens is 312 g/mol. The van der Waals surface area contributed by atoms with Gasteiger partial charge in [0.1, 0.15) is 6.04 Å². The Morgan fingerprint density at radius 1 is 1.57 bits per heavy atom. The molecule has 1 amide bonds. The fraction of sp³-hybridized carbons (Fsp3) is 0.750. The van der Waals surface area contributed by atoms with Crippen LogP contribution in [0.4, 0.5) is 5.13 Å². The Hall–Kier alpha value is -1.18. The average Bonchev–Trinajstić information content (AvgIpc) is 3.24. The molecule has 1 atom stereocenters. The first-order valence-electron chi connectivity index (χ1n) is 8.38. The molecule has 1 aromatic rings. The molecule has 2 aliphatic heterocycles. The molecule has 3 rings (SSSR count). The van der Waals surface area contributed by atoms with Crippen molar-refractivity contribution in [3.8, 4) is 0 Å². The number of anilines is 1. The van der Waals surface area contributed by atoms with Gasteiger partial charge in [0.15, 0.2) is 5.13 Å². The van der Waals surface area contributed by atoms with Crippen LogP contribution < -0.4 is 15.5 Å². The molecule has 2 fully saturated rings. The SMILES string of the molecule is COCC1(CNC(=O)C2CCCN2c2nccs2)CCNCC1. The van der Waals surface area contributed by atoms with E-state index in [4.69, 9.17) is 4.74 Å². The first kappa shape index (κ1) is 16.7. The van der Waals surface area contributed by atoms with Crippen LogP contribution in [0.5, 0.6) is 0 Å². The van der Waals surface area contributed by atoms with Crippen LogP contribution in [-0.2, 0) is 9.53 Å². The second-order valence-electron chi connectivity index (χ2n) is 6.57. The van der Waals surface area contributed by atoms with Crippen molar-refractivity contribution in [2.24, 2.45) is 5.41 Å². The van der Waals surface area contributed by atoms with Gasteiger partial charge in [-0.1, -0.05) is 0 Å². The number of methoxy groups -OCH3 is 1. The van der Waals surface area contributed by atoms with E-state index in [0.717, 1.165) is 50.4 Å². The van der Waals surface area contributed by atoms with Crippen molar-refractivity contribution < 1.29 is 9.53 Å². The Bertz CT molecular complexity index is 497. The summed E-state index contributed by atoms with van der Waals surface area (Å²) in [4.78, 5) is 19.2. The molecule has 128 valence electrons. The van der Waals surface area contributed by atoms with E-state index in [-0.39, 0.29) is 17.4 Å². The van der Waals surface area contributed by atoms with E-state index in [1.54, 1.807) is 24.6 Å². The van der Waals surface area contributed by atoms with Crippen LogP contribution in [-0.4, -0.2) is 56.8 Å². The maximum Gasteiger partial charge on any atom is 0.242 e. The summed E-state index contributed by atoms with van der Waals surface area (Å²) in [5, 5.41) is 9.50. The summed E-state index contributed by atoms with van der Waals surface area (Å²) in [5.41, 5.74) is 0.0697. The molecule has 1 unspecified atom stereocenters. The van der Waals surface area contributed by atoms with Crippen molar-refractivity contribution in [1.29, 1.82) is 0 Å². The van der Waals surface area contributed by atoms with Crippen molar-refractivity contribution in [3.63, 3.8) is 0 Å². The highest BCUT2D eigenvalue weighted by Crippen LogP contribution is 2.30. The van der Waals surface area contributed by atoms with Gasteiger partial charge in [0.05, 0.1) is 6.61 Å². The highest BCUT2D eigenvalue weighted by Gasteiger charge is 2.36. The van der Waals surface area contributed by atoms with Gasteiger partial charge in [-0.25, -0.2) is 4.98 Å². The van der Waals surface area contributed by atoms with Crippen LogP contribution in [0.3, 0.4) is 0 Å². The van der Waals surface area contributed by atoms with Gasteiger partial charge in [-0.05, 0) is 38.8 Å². The Balaban J connectivity index is 1.59. The smallest absolute Gasteiger partial charge is 0.242 e. The zero-order valence-corrected chi connectivity index (χ0v) is 14.5. The fourth-order valence-electron chi connectivity index (χ4n) is 3.65. The maximum absolute atomic E-state index is 12.7. The minimum absolute atomic E-state index is 0.0697. The van der Waals surface area contributed by atoms with E-state index >= 15 is 0 Å². The first-order valence-corrected chi connectivity index (χ1v) is 9.26. The maximum atomic E-state index is 12.7. The van der Waals surface area contributed by atoms with E-state index in [2.05, 4.69) is 20.5 Å². The summed E-state index contributed by atoms with van der Waals surface area (Å²) in [6, 6.07) is -0.0811. The summed E-state index contributed by atoms with van der Waals surface area (Å²) < 4.78 is 5.42. The number of hydrogen-bond acceptors (Lipinski definition) is 6. The third-order valence-corrected chi connectivity index (χ3v) is 5.78. The zero-order valence-electron chi connectivity index (χ0n) is 13.7. The highest BCUT2D eigenvalue weighted by molar-refractivity contribution is 7.13. The number of nitrogens with one attached hydrogen (secondary N) is 2. The largest absolute Gasteiger partial charge is 0.384 e. The fourth-order valence-corrected chi connectivity index (χ4v) is 4.37. The van der Waals surface area contributed by atoms with Crippen LogP contribution in [0.25, 0.3) is 0 Å². The molecule has 0 saturated carbocycles. The van der Waals surface area contributed by atoms with Crippen LogP contribution in [0.2, 0.25) is 0 Å². The minimum atomic E-state index is -0.0811. The second kappa shape index (κ2) is 7.59. The lowest BCUT2D eigenvalue weighted by Gasteiger charge is -2.37. The van der Waals surface area contributed by atoms with E-state index < -0.39 is 0 Å². The molecule has 7 heteroatoms. The quantitative estimate of drug-likeness (QED) is 0.817. The lowest BCUT2D eigenvalue weighted by molar-refractivity contribution is -0.123. The normalized spacial score (nSPS) is 23.9. The number of amides is 1. The third kappa shape index (κ3) is 3.84. The Kier molecular flexibility index (Phi) is 5.50. The van der Waals surface area contributed by atoms with Gasteiger partial charge < -0.3 is 20.3 Å². The highest BCUT2D eigenvalue weighted by atomic mass is 32.1. The molecule has 23 heavy (non-hydrogen) atoms. The Labute approximate surface area is 141 Å². The minimum Gasteiger partial charge on any atom is -0.384 e. The number of ether oxygens (including phenoxy) is 1. The molecule has 0 radical (unpaired) electrons. The summed E-state index contributed by atoms with van der Waals surface area (Å²) in [6.45, 7) is 4.31. The third-order valence-electron chi connectivity index (χ3n) is 4.97. The number of carbonyl (C=O) groups is 1.